The minimum Gasteiger partial charge on any atom is -0.339 e. The highest BCUT2D eigenvalue weighted by atomic mass is 32.1. The number of likely N-dealkylation sites (N-methyl/N-ethyl adjacent to an activating group) is 1. The van der Waals surface area contributed by atoms with Gasteiger partial charge in [0.25, 0.3) is 0 Å². The van der Waals surface area contributed by atoms with Gasteiger partial charge < -0.3 is 10.6 Å². The van der Waals surface area contributed by atoms with E-state index in [-0.39, 0.29) is 5.91 Å². The van der Waals surface area contributed by atoms with Crippen molar-refractivity contribution in [2.75, 3.05) is 7.05 Å². The summed E-state index contributed by atoms with van der Waals surface area (Å²) < 4.78 is 0. The van der Waals surface area contributed by atoms with Crippen LogP contribution in [0.1, 0.15) is 30.8 Å². The Bertz CT molecular complexity index is 376. The van der Waals surface area contributed by atoms with E-state index in [1.165, 1.54) is 0 Å². The summed E-state index contributed by atoms with van der Waals surface area (Å²) in [6, 6.07) is -0.395. The summed E-state index contributed by atoms with van der Waals surface area (Å²) in [5, 5.41) is 0. The lowest BCUT2D eigenvalue weighted by molar-refractivity contribution is -0.132. The number of rotatable bonds is 5. The van der Waals surface area contributed by atoms with Crippen molar-refractivity contribution in [1.82, 2.24) is 9.88 Å². The van der Waals surface area contributed by atoms with Crippen LogP contribution in [-0.4, -0.2) is 28.9 Å². The number of aromatic nitrogens is 1. The summed E-state index contributed by atoms with van der Waals surface area (Å²) in [4.78, 5) is 19.0. The van der Waals surface area contributed by atoms with Gasteiger partial charge in [0.05, 0.1) is 23.8 Å². The van der Waals surface area contributed by atoms with Gasteiger partial charge in [0, 0.05) is 11.9 Å². The highest BCUT2D eigenvalue weighted by molar-refractivity contribution is 7.09. The van der Waals surface area contributed by atoms with E-state index in [0.717, 1.165) is 17.0 Å². The van der Waals surface area contributed by atoms with E-state index in [0.29, 0.717) is 12.5 Å². The van der Waals surface area contributed by atoms with E-state index in [9.17, 15) is 4.79 Å². The van der Waals surface area contributed by atoms with Crippen LogP contribution in [-0.2, 0) is 11.3 Å². The Morgan fingerprint density at radius 1 is 1.59 bits per heavy atom. The minimum atomic E-state index is -0.395. The third kappa shape index (κ3) is 4.09. The molecule has 2 N–H and O–H groups in total. The SMILES string of the molecule is Cc1ncsc1CN(C)C(=O)[C@@H](N)CC(C)C. The summed E-state index contributed by atoms with van der Waals surface area (Å²) in [6.45, 7) is 6.69. The van der Waals surface area contributed by atoms with Crippen LogP contribution < -0.4 is 5.73 Å². The third-order valence-corrected chi connectivity index (χ3v) is 3.56. The molecule has 0 aliphatic carbocycles. The third-order valence-electron chi connectivity index (χ3n) is 2.64. The molecular formula is C12H21N3OS. The molecule has 0 saturated carbocycles. The summed E-state index contributed by atoms with van der Waals surface area (Å²) in [5.41, 5.74) is 8.68. The maximum absolute atomic E-state index is 12.0. The van der Waals surface area contributed by atoms with Gasteiger partial charge in [0.15, 0.2) is 0 Å². The van der Waals surface area contributed by atoms with Gasteiger partial charge in [-0.25, -0.2) is 4.98 Å². The Hall–Kier alpha value is -0.940. The lowest BCUT2D eigenvalue weighted by Crippen LogP contribution is -2.42. The van der Waals surface area contributed by atoms with Crippen molar-refractivity contribution in [3.63, 3.8) is 0 Å². The highest BCUT2D eigenvalue weighted by Gasteiger charge is 2.19. The van der Waals surface area contributed by atoms with Crippen LogP contribution in [0, 0.1) is 12.8 Å². The molecule has 0 saturated heterocycles. The van der Waals surface area contributed by atoms with Crippen LogP contribution in [0.3, 0.4) is 0 Å². The van der Waals surface area contributed by atoms with Gasteiger partial charge in [-0.2, -0.15) is 0 Å². The molecule has 0 unspecified atom stereocenters. The molecule has 1 aromatic rings. The van der Waals surface area contributed by atoms with Crippen molar-refractivity contribution < 1.29 is 4.79 Å². The fourth-order valence-corrected chi connectivity index (χ4v) is 2.49. The molecule has 0 aliphatic rings. The number of carbonyl (C=O) groups is 1. The number of nitrogens with zero attached hydrogens (tertiary/aromatic N) is 2. The standard InChI is InChI=1S/C12H21N3OS/c1-8(2)5-10(13)12(16)15(4)6-11-9(3)14-7-17-11/h7-8,10H,5-6,13H2,1-4H3/t10-/m0/s1. The summed E-state index contributed by atoms with van der Waals surface area (Å²) in [5.74, 6) is 0.444. The summed E-state index contributed by atoms with van der Waals surface area (Å²) >= 11 is 1.58. The molecule has 4 nitrogen and oxygen atoms in total. The normalized spacial score (nSPS) is 12.8. The monoisotopic (exact) mass is 255 g/mol. The summed E-state index contributed by atoms with van der Waals surface area (Å²) in [6.07, 6.45) is 0.727. The fourth-order valence-electron chi connectivity index (χ4n) is 1.66. The topological polar surface area (TPSA) is 59.2 Å². The number of hydrogen-bond acceptors (Lipinski definition) is 4. The van der Waals surface area contributed by atoms with Crippen molar-refractivity contribution >= 4 is 17.2 Å². The van der Waals surface area contributed by atoms with Crippen molar-refractivity contribution in [1.29, 1.82) is 0 Å². The van der Waals surface area contributed by atoms with Crippen LogP contribution in [0.2, 0.25) is 0 Å². The highest BCUT2D eigenvalue weighted by Crippen LogP contribution is 2.15. The Morgan fingerprint density at radius 3 is 2.71 bits per heavy atom. The number of aryl methyl sites for hydroxylation is 1. The molecule has 96 valence electrons. The van der Waals surface area contributed by atoms with Crippen LogP contribution in [0.25, 0.3) is 0 Å². The zero-order valence-electron chi connectivity index (χ0n) is 10.9. The van der Waals surface area contributed by atoms with E-state index >= 15 is 0 Å². The number of carbonyl (C=O) groups excluding carboxylic acids is 1. The quantitative estimate of drug-likeness (QED) is 0.872. The zero-order chi connectivity index (χ0) is 13.0. The van der Waals surface area contributed by atoms with E-state index < -0.39 is 6.04 Å². The zero-order valence-corrected chi connectivity index (χ0v) is 11.8. The van der Waals surface area contributed by atoms with Gasteiger partial charge in [-0.1, -0.05) is 13.8 Å². The van der Waals surface area contributed by atoms with E-state index in [2.05, 4.69) is 18.8 Å². The first kappa shape index (κ1) is 14.1. The minimum absolute atomic E-state index is 0.00602. The van der Waals surface area contributed by atoms with Gasteiger partial charge in [-0.15, -0.1) is 11.3 Å². The molecule has 1 amide bonds. The van der Waals surface area contributed by atoms with Crippen molar-refractivity contribution in [2.24, 2.45) is 11.7 Å². The second-order valence-corrected chi connectivity index (χ2v) is 5.73. The second-order valence-electron chi connectivity index (χ2n) is 4.79. The van der Waals surface area contributed by atoms with Crippen LogP contribution in [0.5, 0.6) is 0 Å². The lowest BCUT2D eigenvalue weighted by Gasteiger charge is -2.22. The van der Waals surface area contributed by atoms with Gasteiger partial charge in [-0.05, 0) is 19.3 Å². The molecule has 17 heavy (non-hydrogen) atoms. The van der Waals surface area contributed by atoms with Crippen molar-refractivity contribution in [2.45, 2.75) is 39.8 Å². The van der Waals surface area contributed by atoms with E-state index in [1.54, 1.807) is 28.8 Å². The van der Waals surface area contributed by atoms with Gasteiger partial charge in [0.1, 0.15) is 0 Å². The Morgan fingerprint density at radius 2 is 2.24 bits per heavy atom. The first-order valence-corrected chi connectivity index (χ1v) is 6.69. The van der Waals surface area contributed by atoms with Gasteiger partial charge in [-0.3, -0.25) is 4.79 Å². The molecule has 1 aromatic heterocycles. The van der Waals surface area contributed by atoms with Crippen molar-refractivity contribution in [3.8, 4) is 0 Å². The van der Waals surface area contributed by atoms with Crippen LogP contribution in [0.15, 0.2) is 5.51 Å². The smallest absolute Gasteiger partial charge is 0.239 e. The first-order chi connectivity index (χ1) is 7.91. The lowest BCUT2D eigenvalue weighted by atomic mass is 10.0. The average Bonchev–Trinajstić information content (AvgIpc) is 2.62. The summed E-state index contributed by atoms with van der Waals surface area (Å²) in [7, 11) is 1.79. The number of thiazole rings is 1. The van der Waals surface area contributed by atoms with Crippen LogP contribution >= 0.6 is 11.3 Å². The number of amides is 1. The first-order valence-electron chi connectivity index (χ1n) is 5.81. The molecule has 0 bridgehead atoms. The van der Waals surface area contributed by atoms with Crippen molar-refractivity contribution in [3.05, 3.63) is 16.1 Å². The fraction of sp³-hybridized carbons (Fsp3) is 0.667. The van der Waals surface area contributed by atoms with Crippen LogP contribution in [0.4, 0.5) is 0 Å². The average molecular weight is 255 g/mol. The maximum atomic E-state index is 12.0. The second kappa shape index (κ2) is 6.12. The molecule has 0 radical (unpaired) electrons. The van der Waals surface area contributed by atoms with E-state index in [4.69, 9.17) is 5.73 Å². The number of hydrogen-bond donors (Lipinski definition) is 1. The Labute approximate surface area is 107 Å². The molecule has 0 aliphatic heterocycles. The molecule has 0 spiro atoms. The maximum Gasteiger partial charge on any atom is 0.239 e. The Kier molecular flexibility index (Phi) is 5.08. The van der Waals surface area contributed by atoms with Gasteiger partial charge >= 0.3 is 0 Å². The largest absolute Gasteiger partial charge is 0.339 e. The molecule has 1 atom stereocenters. The van der Waals surface area contributed by atoms with E-state index in [1.807, 2.05) is 6.92 Å². The molecular weight excluding hydrogens is 234 g/mol. The molecule has 1 rings (SSSR count). The molecule has 0 fully saturated rings. The van der Waals surface area contributed by atoms with Gasteiger partial charge in [0.2, 0.25) is 5.91 Å². The Balaban J connectivity index is 2.55. The number of nitrogens with two attached hydrogens (primary N) is 1. The molecule has 5 heteroatoms. The molecule has 0 aromatic carbocycles. The molecule has 1 heterocycles. The predicted octanol–water partition coefficient (Wildman–Crippen LogP) is 1.78. The predicted molar refractivity (Wildman–Crippen MR) is 70.8 cm³/mol.